The lowest BCUT2D eigenvalue weighted by Crippen LogP contribution is -2.38. The summed E-state index contributed by atoms with van der Waals surface area (Å²) in [5.74, 6) is -0.189. The van der Waals surface area contributed by atoms with E-state index in [2.05, 4.69) is 0 Å². The van der Waals surface area contributed by atoms with Crippen LogP contribution in [0.3, 0.4) is 0 Å². The van der Waals surface area contributed by atoms with Gasteiger partial charge in [-0.1, -0.05) is 25.7 Å². The topological polar surface area (TPSA) is 43.1 Å². The Balaban J connectivity index is 2.34. The zero-order chi connectivity index (χ0) is 13.9. The van der Waals surface area contributed by atoms with Crippen LogP contribution in [0.5, 0.6) is 0 Å². The van der Waals surface area contributed by atoms with Crippen molar-refractivity contribution in [1.29, 1.82) is 0 Å². The van der Waals surface area contributed by atoms with Crippen LogP contribution in [-0.4, -0.2) is 12.3 Å². The third kappa shape index (κ3) is 2.86. The van der Waals surface area contributed by atoms with E-state index in [1.807, 2.05) is 0 Å². The highest BCUT2D eigenvalue weighted by atomic mass is 19.1. The van der Waals surface area contributed by atoms with E-state index >= 15 is 0 Å². The number of carbonyl (C=O) groups excluding carboxylic acids is 1. The molecular weight excluding hydrogens is 241 g/mol. The highest BCUT2D eigenvalue weighted by Gasteiger charge is 2.38. The highest BCUT2D eigenvalue weighted by molar-refractivity contribution is 6.01. The van der Waals surface area contributed by atoms with Crippen LogP contribution >= 0.6 is 0 Å². The van der Waals surface area contributed by atoms with Gasteiger partial charge in [0.2, 0.25) is 0 Å². The molecule has 104 valence electrons. The number of halogens is 1. The van der Waals surface area contributed by atoms with E-state index in [1.165, 1.54) is 25.0 Å². The minimum atomic E-state index is -0.431. The van der Waals surface area contributed by atoms with Gasteiger partial charge in [-0.05, 0) is 43.5 Å². The van der Waals surface area contributed by atoms with Crippen molar-refractivity contribution in [2.75, 3.05) is 6.54 Å². The molecule has 0 heterocycles. The molecule has 3 heteroatoms. The first-order valence-electron chi connectivity index (χ1n) is 7.10. The van der Waals surface area contributed by atoms with Crippen LogP contribution in [0.4, 0.5) is 4.39 Å². The van der Waals surface area contributed by atoms with E-state index in [-0.39, 0.29) is 11.6 Å². The Labute approximate surface area is 114 Å². The van der Waals surface area contributed by atoms with Crippen LogP contribution in [0.25, 0.3) is 0 Å². The molecule has 1 saturated carbocycles. The van der Waals surface area contributed by atoms with Gasteiger partial charge in [0.25, 0.3) is 0 Å². The molecule has 2 nitrogen and oxygen atoms in total. The van der Waals surface area contributed by atoms with Gasteiger partial charge in [0.1, 0.15) is 5.82 Å². The second-order valence-corrected chi connectivity index (χ2v) is 5.69. The van der Waals surface area contributed by atoms with E-state index in [4.69, 9.17) is 5.73 Å². The number of Topliss-reactive ketones (excluding diaryl/α,β-unsaturated/α-hetero) is 1. The first kappa shape index (κ1) is 14.2. The SMILES string of the molecule is Cc1cc(F)ccc1C(=O)C1(CN)CCCCCC1. The molecule has 0 aliphatic heterocycles. The molecule has 0 amide bonds. The molecule has 1 aromatic carbocycles. The minimum Gasteiger partial charge on any atom is -0.329 e. The third-order valence-corrected chi connectivity index (χ3v) is 4.37. The standard InChI is InChI=1S/C16H22FNO/c1-12-10-13(17)6-7-14(12)15(19)16(11-18)8-4-2-3-5-9-16/h6-7,10H,2-5,8-9,11,18H2,1H3. The Morgan fingerprint density at radius 3 is 2.42 bits per heavy atom. The quantitative estimate of drug-likeness (QED) is 0.668. The maximum atomic E-state index is 13.2. The van der Waals surface area contributed by atoms with Gasteiger partial charge in [0, 0.05) is 17.5 Å². The summed E-state index contributed by atoms with van der Waals surface area (Å²) in [4.78, 5) is 12.8. The fraction of sp³-hybridized carbons (Fsp3) is 0.562. The molecule has 0 aromatic heterocycles. The van der Waals surface area contributed by atoms with Crippen molar-refractivity contribution in [3.8, 4) is 0 Å². The first-order valence-corrected chi connectivity index (χ1v) is 7.10. The van der Waals surface area contributed by atoms with Crippen molar-refractivity contribution in [2.45, 2.75) is 45.4 Å². The van der Waals surface area contributed by atoms with Crippen molar-refractivity contribution >= 4 is 5.78 Å². The molecule has 0 spiro atoms. The molecule has 19 heavy (non-hydrogen) atoms. The fourth-order valence-electron chi connectivity index (χ4n) is 3.10. The fourth-order valence-corrected chi connectivity index (χ4v) is 3.10. The summed E-state index contributed by atoms with van der Waals surface area (Å²) in [6, 6.07) is 4.39. The molecule has 0 atom stereocenters. The van der Waals surface area contributed by atoms with Crippen molar-refractivity contribution in [3.63, 3.8) is 0 Å². The van der Waals surface area contributed by atoms with Crippen LogP contribution in [0.15, 0.2) is 18.2 Å². The molecule has 0 bridgehead atoms. The number of aryl methyl sites for hydroxylation is 1. The van der Waals surface area contributed by atoms with Gasteiger partial charge in [-0.2, -0.15) is 0 Å². The average Bonchev–Trinajstić information content (AvgIpc) is 2.64. The van der Waals surface area contributed by atoms with E-state index < -0.39 is 5.41 Å². The van der Waals surface area contributed by atoms with Gasteiger partial charge in [-0.15, -0.1) is 0 Å². The highest BCUT2D eigenvalue weighted by Crippen LogP contribution is 2.37. The van der Waals surface area contributed by atoms with Crippen LogP contribution in [0, 0.1) is 18.2 Å². The number of carbonyl (C=O) groups is 1. The summed E-state index contributed by atoms with van der Waals surface area (Å²) in [6.45, 7) is 2.18. The zero-order valence-electron chi connectivity index (χ0n) is 11.5. The maximum Gasteiger partial charge on any atom is 0.170 e. The van der Waals surface area contributed by atoms with Gasteiger partial charge in [-0.3, -0.25) is 4.79 Å². The second kappa shape index (κ2) is 5.83. The predicted molar refractivity (Wildman–Crippen MR) is 74.7 cm³/mol. The van der Waals surface area contributed by atoms with Crippen molar-refractivity contribution in [1.82, 2.24) is 0 Å². The molecule has 2 N–H and O–H groups in total. The molecule has 1 aliphatic carbocycles. The molecule has 2 rings (SSSR count). The van der Waals surface area contributed by atoms with E-state index in [0.29, 0.717) is 17.7 Å². The molecular formula is C16H22FNO. The molecule has 0 unspecified atom stereocenters. The van der Waals surface area contributed by atoms with Crippen LogP contribution in [-0.2, 0) is 0 Å². The summed E-state index contributed by atoms with van der Waals surface area (Å²) in [5.41, 5.74) is 6.84. The van der Waals surface area contributed by atoms with Crippen molar-refractivity contribution < 1.29 is 9.18 Å². The molecule has 1 aromatic rings. The smallest absolute Gasteiger partial charge is 0.170 e. The number of hydrogen-bond acceptors (Lipinski definition) is 2. The number of ketones is 1. The lowest BCUT2D eigenvalue weighted by Gasteiger charge is -2.30. The Morgan fingerprint density at radius 2 is 1.89 bits per heavy atom. The Hall–Kier alpha value is -1.22. The normalized spacial score (nSPS) is 18.9. The third-order valence-electron chi connectivity index (χ3n) is 4.37. The average molecular weight is 263 g/mol. The Kier molecular flexibility index (Phi) is 4.35. The number of rotatable bonds is 3. The Morgan fingerprint density at radius 1 is 1.26 bits per heavy atom. The van der Waals surface area contributed by atoms with Gasteiger partial charge in [0.05, 0.1) is 0 Å². The summed E-state index contributed by atoms with van der Waals surface area (Å²) >= 11 is 0. The Bertz CT molecular complexity index is 462. The van der Waals surface area contributed by atoms with Crippen LogP contribution < -0.4 is 5.73 Å². The zero-order valence-corrected chi connectivity index (χ0v) is 11.5. The van der Waals surface area contributed by atoms with Gasteiger partial charge < -0.3 is 5.73 Å². The molecule has 0 saturated heterocycles. The first-order chi connectivity index (χ1) is 9.09. The monoisotopic (exact) mass is 263 g/mol. The summed E-state index contributed by atoms with van der Waals surface area (Å²) in [5, 5.41) is 0. The lowest BCUT2D eigenvalue weighted by atomic mass is 9.73. The van der Waals surface area contributed by atoms with Crippen LogP contribution in [0.1, 0.15) is 54.4 Å². The number of benzene rings is 1. The van der Waals surface area contributed by atoms with Gasteiger partial charge in [0.15, 0.2) is 5.78 Å². The molecule has 0 radical (unpaired) electrons. The van der Waals surface area contributed by atoms with Gasteiger partial charge >= 0.3 is 0 Å². The minimum absolute atomic E-state index is 0.106. The number of hydrogen-bond donors (Lipinski definition) is 1. The van der Waals surface area contributed by atoms with E-state index in [1.54, 1.807) is 13.0 Å². The summed E-state index contributed by atoms with van der Waals surface area (Å²) in [6.07, 6.45) is 6.19. The molecule has 1 fully saturated rings. The van der Waals surface area contributed by atoms with Crippen LogP contribution in [0.2, 0.25) is 0 Å². The van der Waals surface area contributed by atoms with Crippen molar-refractivity contribution in [3.05, 3.63) is 35.1 Å². The molecule has 1 aliphatic rings. The number of nitrogens with two attached hydrogens (primary N) is 1. The van der Waals surface area contributed by atoms with E-state index in [0.717, 1.165) is 25.7 Å². The lowest BCUT2D eigenvalue weighted by molar-refractivity contribution is 0.0773. The predicted octanol–water partition coefficient (Wildman–Crippen LogP) is 3.62. The van der Waals surface area contributed by atoms with Crippen molar-refractivity contribution in [2.24, 2.45) is 11.1 Å². The summed E-state index contributed by atoms with van der Waals surface area (Å²) < 4.78 is 13.2. The van der Waals surface area contributed by atoms with E-state index in [9.17, 15) is 9.18 Å². The second-order valence-electron chi connectivity index (χ2n) is 5.69. The largest absolute Gasteiger partial charge is 0.329 e. The van der Waals surface area contributed by atoms with Gasteiger partial charge in [-0.25, -0.2) is 4.39 Å². The maximum absolute atomic E-state index is 13.2. The summed E-state index contributed by atoms with van der Waals surface area (Å²) in [7, 11) is 0.